The van der Waals surface area contributed by atoms with Crippen molar-refractivity contribution in [2.75, 3.05) is 32.8 Å². The van der Waals surface area contributed by atoms with Crippen LogP contribution in [0.15, 0.2) is 66.9 Å². The van der Waals surface area contributed by atoms with Crippen LogP contribution in [0.4, 0.5) is 0 Å². The summed E-state index contributed by atoms with van der Waals surface area (Å²) in [5, 5.41) is 0. The van der Waals surface area contributed by atoms with Crippen LogP contribution in [-0.2, 0) is 14.3 Å². The SMILES string of the molecule is CCOC(=O)[C@@H]1CCCN(CCCOC=C(c2ccccc2)c2ccccc2)C1. The lowest BCUT2D eigenvalue weighted by Gasteiger charge is -2.31. The molecule has 1 saturated heterocycles. The second kappa shape index (κ2) is 11.4. The molecule has 0 saturated carbocycles. The number of rotatable bonds is 9. The summed E-state index contributed by atoms with van der Waals surface area (Å²) in [6.45, 7) is 5.77. The van der Waals surface area contributed by atoms with Crippen LogP contribution >= 0.6 is 0 Å². The average molecular weight is 394 g/mol. The fourth-order valence-corrected chi connectivity index (χ4v) is 3.76. The average Bonchev–Trinajstić information content (AvgIpc) is 2.78. The van der Waals surface area contributed by atoms with Crippen LogP contribution in [0.25, 0.3) is 5.57 Å². The third kappa shape index (κ3) is 6.47. The molecule has 1 atom stereocenters. The normalized spacial score (nSPS) is 16.8. The summed E-state index contributed by atoms with van der Waals surface area (Å²) >= 11 is 0. The lowest BCUT2D eigenvalue weighted by molar-refractivity contribution is -0.149. The number of hydrogen-bond donors (Lipinski definition) is 0. The van der Waals surface area contributed by atoms with Crippen molar-refractivity contribution < 1.29 is 14.3 Å². The summed E-state index contributed by atoms with van der Waals surface area (Å²) in [7, 11) is 0. The summed E-state index contributed by atoms with van der Waals surface area (Å²) in [4.78, 5) is 14.3. The Morgan fingerprint density at radius 3 is 2.34 bits per heavy atom. The topological polar surface area (TPSA) is 38.8 Å². The molecule has 1 aliphatic rings. The molecule has 29 heavy (non-hydrogen) atoms. The van der Waals surface area contributed by atoms with Crippen LogP contribution < -0.4 is 0 Å². The summed E-state index contributed by atoms with van der Waals surface area (Å²) in [6.07, 6.45) is 4.80. The Labute approximate surface area is 174 Å². The number of nitrogens with zero attached hydrogens (tertiary/aromatic N) is 1. The molecule has 0 amide bonds. The first-order valence-corrected chi connectivity index (χ1v) is 10.6. The number of benzene rings is 2. The lowest BCUT2D eigenvalue weighted by atomic mass is 9.98. The third-order valence-electron chi connectivity index (χ3n) is 5.23. The fourth-order valence-electron chi connectivity index (χ4n) is 3.76. The van der Waals surface area contributed by atoms with Gasteiger partial charge in [0, 0.05) is 18.7 Å². The summed E-state index contributed by atoms with van der Waals surface area (Å²) in [5.74, 6) is -0.0287. The maximum absolute atomic E-state index is 12.0. The monoisotopic (exact) mass is 393 g/mol. The molecule has 0 aromatic heterocycles. The van der Waals surface area contributed by atoms with Crippen LogP contribution in [0, 0.1) is 5.92 Å². The second-order valence-electron chi connectivity index (χ2n) is 7.38. The van der Waals surface area contributed by atoms with Crippen molar-refractivity contribution in [1.29, 1.82) is 0 Å². The Balaban J connectivity index is 1.51. The molecule has 2 aromatic rings. The van der Waals surface area contributed by atoms with Gasteiger partial charge in [-0.3, -0.25) is 4.79 Å². The summed E-state index contributed by atoms with van der Waals surface area (Å²) in [6, 6.07) is 20.6. The van der Waals surface area contributed by atoms with E-state index in [0.717, 1.165) is 55.6 Å². The van der Waals surface area contributed by atoms with Crippen LogP contribution in [-0.4, -0.2) is 43.7 Å². The van der Waals surface area contributed by atoms with E-state index < -0.39 is 0 Å². The van der Waals surface area contributed by atoms with E-state index in [0.29, 0.717) is 13.2 Å². The molecule has 4 heteroatoms. The number of esters is 1. The van der Waals surface area contributed by atoms with Gasteiger partial charge in [-0.25, -0.2) is 0 Å². The van der Waals surface area contributed by atoms with Gasteiger partial charge in [0.05, 0.1) is 25.4 Å². The highest BCUT2D eigenvalue weighted by Gasteiger charge is 2.26. The molecule has 1 aliphatic heterocycles. The van der Waals surface area contributed by atoms with E-state index in [4.69, 9.17) is 9.47 Å². The minimum Gasteiger partial charge on any atom is -0.500 e. The maximum atomic E-state index is 12.0. The molecule has 0 radical (unpaired) electrons. The highest BCUT2D eigenvalue weighted by molar-refractivity contribution is 5.79. The maximum Gasteiger partial charge on any atom is 0.310 e. The Hall–Kier alpha value is -2.59. The van der Waals surface area contributed by atoms with Crippen LogP contribution in [0.5, 0.6) is 0 Å². The van der Waals surface area contributed by atoms with E-state index in [1.54, 1.807) is 0 Å². The van der Waals surface area contributed by atoms with Crippen molar-refractivity contribution >= 4 is 11.5 Å². The molecule has 1 fully saturated rings. The molecular weight excluding hydrogens is 362 g/mol. The molecule has 0 aliphatic carbocycles. The lowest BCUT2D eigenvalue weighted by Crippen LogP contribution is -2.40. The Morgan fingerprint density at radius 2 is 1.72 bits per heavy atom. The second-order valence-corrected chi connectivity index (χ2v) is 7.38. The van der Waals surface area contributed by atoms with E-state index in [1.807, 2.05) is 49.6 Å². The predicted molar refractivity (Wildman–Crippen MR) is 116 cm³/mol. The first-order valence-electron chi connectivity index (χ1n) is 10.6. The van der Waals surface area contributed by atoms with E-state index in [-0.39, 0.29) is 11.9 Å². The number of hydrogen-bond acceptors (Lipinski definition) is 4. The Kier molecular flexibility index (Phi) is 8.32. The zero-order valence-corrected chi connectivity index (χ0v) is 17.3. The summed E-state index contributed by atoms with van der Waals surface area (Å²) < 4.78 is 11.1. The molecule has 1 heterocycles. The van der Waals surface area contributed by atoms with Crippen molar-refractivity contribution in [2.45, 2.75) is 26.2 Å². The van der Waals surface area contributed by atoms with Gasteiger partial charge in [0.1, 0.15) is 0 Å². The van der Waals surface area contributed by atoms with Crippen LogP contribution in [0.1, 0.15) is 37.3 Å². The van der Waals surface area contributed by atoms with Gasteiger partial charge in [0.2, 0.25) is 0 Å². The molecule has 4 nitrogen and oxygen atoms in total. The van der Waals surface area contributed by atoms with Crippen molar-refractivity contribution in [3.8, 4) is 0 Å². The zero-order chi connectivity index (χ0) is 20.3. The van der Waals surface area contributed by atoms with E-state index in [2.05, 4.69) is 29.2 Å². The molecular formula is C25H31NO3. The quantitative estimate of drug-likeness (QED) is 0.350. The van der Waals surface area contributed by atoms with Crippen molar-refractivity contribution in [3.05, 3.63) is 78.1 Å². The number of ether oxygens (including phenoxy) is 2. The summed E-state index contributed by atoms with van der Waals surface area (Å²) in [5.41, 5.74) is 3.38. The van der Waals surface area contributed by atoms with Crippen molar-refractivity contribution in [1.82, 2.24) is 4.90 Å². The van der Waals surface area contributed by atoms with Gasteiger partial charge in [0.25, 0.3) is 0 Å². The molecule has 154 valence electrons. The van der Waals surface area contributed by atoms with Gasteiger partial charge < -0.3 is 14.4 Å². The van der Waals surface area contributed by atoms with Gasteiger partial charge in [-0.2, -0.15) is 0 Å². The van der Waals surface area contributed by atoms with Gasteiger partial charge >= 0.3 is 5.97 Å². The fraction of sp³-hybridized carbons (Fsp3) is 0.400. The Morgan fingerprint density at radius 1 is 1.07 bits per heavy atom. The minimum absolute atomic E-state index is 0.0206. The highest BCUT2D eigenvalue weighted by atomic mass is 16.5. The first kappa shape index (κ1) is 21.1. The molecule has 0 unspecified atom stereocenters. The number of likely N-dealkylation sites (tertiary alicyclic amines) is 1. The van der Waals surface area contributed by atoms with Crippen LogP contribution in [0.3, 0.4) is 0 Å². The minimum atomic E-state index is -0.0493. The molecule has 0 bridgehead atoms. The predicted octanol–water partition coefficient (Wildman–Crippen LogP) is 4.76. The van der Waals surface area contributed by atoms with E-state index in [1.165, 1.54) is 0 Å². The zero-order valence-electron chi connectivity index (χ0n) is 17.3. The molecule has 0 spiro atoms. The number of carbonyl (C=O) groups is 1. The third-order valence-corrected chi connectivity index (χ3v) is 5.23. The molecule has 0 N–H and O–H groups in total. The number of carbonyl (C=O) groups excluding carboxylic acids is 1. The van der Waals surface area contributed by atoms with E-state index >= 15 is 0 Å². The highest BCUT2D eigenvalue weighted by Crippen LogP contribution is 2.23. The largest absolute Gasteiger partial charge is 0.500 e. The van der Waals surface area contributed by atoms with Gasteiger partial charge in [-0.05, 0) is 43.9 Å². The van der Waals surface area contributed by atoms with Gasteiger partial charge in [0.15, 0.2) is 0 Å². The van der Waals surface area contributed by atoms with Crippen molar-refractivity contribution in [2.24, 2.45) is 5.92 Å². The van der Waals surface area contributed by atoms with Crippen molar-refractivity contribution in [3.63, 3.8) is 0 Å². The van der Waals surface area contributed by atoms with E-state index in [9.17, 15) is 4.79 Å². The molecule has 2 aromatic carbocycles. The van der Waals surface area contributed by atoms with Gasteiger partial charge in [-0.15, -0.1) is 0 Å². The first-order chi connectivity index (χ1) is 14.3. The Bertz CT molecular complexity index is 732. The standard InChI is InChI=1S/C25H31NO3/c1-2-29-25(27)23-15-9-16-26(19-23)17-10-18-28-20-24(21-11-5-3-6-12-21)22-13-7-4-8-14-22/h3-8,11-14,20,23H,2,9-10,15-19H2,1H3/t23-/m1/s1. The smallest absolute Gasteiger partial charge is 0.310 e. The number of piperidine rings is 1. The van der Waals surface area contributed by atoms with Gasteiger partial charge in [-0.1, -0.05) is 60.7 Å². The molecule has 3 rings (SSSR count). The van der Waals surface area contributed by atoms with Crippen LogP contribution in [0.2, 0.25) is 0 Å².